The second kappa shape index (κ2) is 8.98. The molecule has 9 heteroatoms. The number of rotatable bonds is 7. The standard InChI is InChI=1S/C21H26N4O5/c1-13(2)25-18(9-10-22-25)23-20(27)14(3)30-21(28)15-11-19(26)24(12-15)16-7-5-6-8-17(16)29-4/h5-10,13-15H,11-12H2,1-4H3,(H,23,27)/t14-,15+/m0/s1. The summed E-state index contributed by atoms with van der Waals surface area (Å²) in [5, 5.41) is 6.87. The van der Waals surface area contributed by atoms with Crippen molar-refractivity contribution in [2.45, 2.75) is 39.3 Å². The Hall–Kier alpha value is -3.36. The minimum Gasteiger partial charge on any atom is -0.495 e. The summed E-state index contributed by atoms with van der Waals surface area (Å²) in [4.78, 5) is 39.0. The van der Waals surface area contributed by atoms with Crippen molar-refractivity contribution in [3.05, 3.63) is 36.5 Å². The van der Waals surface area contributed by atoms with E-state index in [9.17, 15) is 14.4 Å². The van der Waals surface area contributed by atoms with Crippen molar-refractivity contribution >= 4 is 29.3 Å². The van der Waals surface area contributed by atoms with Crippen molar-refractivity contribution in [2.24, 2.45) is 5.92 Å². The summed E-state index contributed by atoms with van der Waals surface area (Å²) in [5.74, 6) is -0.818. The molecule has 1 saturated heterocycles. The van der Waals surface area contributed by atoms with Gasteiger partial charge >= 0.3 is 5.97 Å². The zero-order valence-electron chi connectivity index (χ0n) is 17.5. The average molecular weight is 414 g/mol. The molecule has 30 heavy (non-hydrogen) atoms. The van der Waals surface area contributed by atoms with E-state index in [4.69, 9.17) is 9.47 Å². The lowest BCUT2D eigenvalue weighted by Gasteiger charge is -2.20. The molecule has 0 radical (unpaired) electrons. The number of methoxy groups -OCH3 is 1. The molecule has 1 N–H and O–H groups in total. The number of amides is 2. The van der Waals surface area contributed by atoms with Gasteiger partial charge in [-0.2, -0.15) is 5.10 Å². The van der Waals surface area contributed by atoms with Gasteiger partial charge in [0.1, 0.15) is 11.6 Å². The molecule has 1 aromatic heterocycles. The van der Waals surface area contributed by atoms with Gasteiger partial charge in [0, 0.05) is 25.1 Å². The van der Waals surface area contributed by atoms with E-state index >= 15 is 0 Å². The largest absolute Gasteiger partial charge is 0.495 e. The SMILES string of the molecule is COc1ccccc1N1C[C@H](C(=O)O[C@@H](C)C(=O)Nc2ccnn2C(C)C)CC1=O. The Morgan fingerprint density at radius 1 is 1.20 bits per heavy atom. The monoisotopic (exact) mass is 414 g/mol. The number of carbonyl (C=O) groups excluding carboxylic acids is 3. The number of nitrogens with one attached hydrogen (secondary N) is 1. The highest BCUT2D eigenvalue weighted by Gasteiger charge is 2.38. The molecule has 2 atom stereocenters. The first-order valence-electron chi connectivity index (χ1n) is 9.80. The number of carbonyl (C=O) groups is 3. The van der Waals surface area contributed by atoms with E-state index in [0.717, 1.165) is 0 Å². The van der Waals surface area contributed by atoms with Crippen LogP contribution in [0.3, 0.4) is 0 Å². The van der Waals surface area contributed by atoms with Crippen LogP contribution >= 0.6 is 0 Å². The number of hydrogen-bond donors (Lipinski definition) is 1. The summed E-state index contributed by atoms with van der Waals surface area (Å²) in [7, 11) is 1.52. The van der Waals surface area contributed by atoms with E-state index in [-0.39, 0.29) is 24.9 Å². The molecule has 2 aromatic rings. The van der Waals surface area contributed by atoms with Gasteiger partial charge in [0.2, 0.25) is 5.91 Å². The lowest BCUT2D eigenvalue weighted by Crippen LogP contribution is -2.34. The molecular formula is C21H26N4O5. The molecule has 0 spiro atoms. The van der Waals surface area contributed by atoms with Crippen LogP contribution in [0.4, 0.5) is 11.5 Å². The molecule has 2 heterocycles. The molecule has 160 valence electrons. The van der Waals surface area contributed by atoms with Gasteiger partial charge < -0.3 is 19.7 Å². The Kier molecular flexibility index (Phi) is 6.39. The molecule has 1 fully saturated rings. The van der Waals surface area contributed by atoms with Gasteiger partial charge in [0.15, 0.2) is 6.10 Å². The van der Waals surface area contributed by atoms with E-state index in [1.54, 1.807) is 41.2 Å². The summed E-state index contributed by atoms with van der Waals surface area (Å²) in [6.07, 6.45) is 0.595. The predicted octanol–water partition coefficient (Wildman–Crippen LogP) is 2.40. The fourth-order valence-electron chi connectivity index (χ4n) is 3.33. The van der Waals surface area contributed by atoms with Crippen LogP contribution in [0.1, 0.15) is 33.2 Å². The van der Waals surface area contributed by atoms with Crippen LogP contribution in [-0.2, 0) is 19.1 Å². The molecule has 0 unspecified atom stereocenters. The molecule has 2 amide bonds. The van der Waals surface area contributed by atoms with Gasteiger partial charge in [-0.05, 0) is 32.9 Å². The van der Waals surface area contributed by atoms with Crippen molar-refractivity contribution < 1.29 is 23.9 Å². The maximum atomic E-state index is 12.6. The molecule has 0 saturated carbocycles. The third-order valence-electron chi connectivity index (χ3n) is 4.91. The van der Waals surface area contributed by atoms with Crippen LogP contribution < -0.4 is 15.0 Å². The Balaban J connectivity index is 1.61. The number of hydrogen-bond acceptors (Lipinski definition) is 6. The lowest BCUT2D eigenvalue weighted by atomic mass is 10.1. The number of aromatic nitrogens is 2. The second-order valence-corrected chi connectivity index (χ2v) is 7.40. The molecule has 1 aromatic carbocycles. The number of anilines is 2. The van der Waals surface area contributed by atoms with Gasteiger partial charge in [-0.3, -0.25) is 14.4 Å². The molecule has 1 aliphatic rings. The summed E-state index contributed by atoms with van der Waals surface area (Å²) in [6, 6.07) is 8.86. The lowest BCUT2D eigenvalue weighted by molar-refractivity contribution is -0.157. The van der Waals surface area contributed by atoms with Crippen molar-refractivity contribution in [2.75, 3.05) is 23.9 Å². The van der Waals surface area contributed by atoms with Crippen molar-refractivity contribution in [1.29, 1.82) is 0 Å². The maximum Gasteiger partial charge on any atom is 0.312 e. The van der Waals surface area contributed by atoms with Crippen LogP contribution in [-0.4, -0.2) is 47.3 Å². The van der Waals surface area contributed by atoms with Crippen molar-refractivity contribution in [3.63, 3.8) is 0 Å². The highest BCUT2D eigenvalue weighted by atomic mass is 16.5. The van der Waals surface area contributed by atoms with Crippen LogP contribution in [0.5, 0.6) is 5.75 Å². The summed E-state index contributed by atoms with van der Waals surface area (Å²) < 4.78 is 12.3. The average Bonchev–Trinajstić information content (AvgIpc) is 3.34. The van der Waals surface area contributed by atoms with Crippen LogP contribution in [0.2, 0.25) is 0 Å². The maximum absolute atomic E-state index is 12.6. The highest BCUT2D eigenvalue weighted by Crippen LogP contribution is 2.33. The van der Waals surface area contributed by atoms with Crippen LogP contribution in [0, 0.1) is 5.92 Å². The molecule has 0 bridgehead atoms. The Morgan fingerprint density at radius 2 is 1.93 bits per heavy atom. The molecule has 1 aliphatic heterocycles. The molecule has 9 nitrogen and oxygen atoms in total. The van der Waals surface area contributed by atoms with Crippen LogP contribution in [0.25, 0.3) is 0 Å². The normalized spacial score (nSPS) is 17.2. The van der Waals surface area contributed by atoms with Crippen LogP contribution in [0.15, 0.2) is 36.5 Å². The first kappa shape index (κ1) is 21.4. The summed E-state index contributed by atoms with van der Waals surface area (Å²) in [6.45, 7) is 5.55. The summed E-state index contributed by atoms with van der Waals surface area (Å²) in [5.41, 5.74) is 0.605. The third kappa shape index (κ3) is 4.45. The number of para-hydroxylation sites is 2. The molecular weight excluding hydrogens is 388 g/mol. The highest BCUT2D eigenvalue weighted by molar-refractivity contribution is 6.01. The Bertz CT molecular complexity index is 939. The van der Waals surface area contributed by atoms with Crippen molar-refractivity contribution in [1.82, 2.24) is 9.78 Å². The first-order chi connectivity index (χ1) is 14.3. The number of esters is 1. The number of ether oxygens (including phenoxy) is 2. The minimum absolute atomic E-state index is 0.0192. The minimum atomic E-state index is -1.01. The van der Waals surface area contributed by atoms with Gasteiger partial charge in [-0.15, -0.1) is 0 Å². The summed E-state index contributed by atoms with van der Waals surface area (Å²) >= 11 is 0. The van der Waals surface area contributed by atoms with E-state index in [1.807, 2.05) is 13.8 Å². The first-order valence-corrected chi connectivity index (χ1v) is 9.80. The van der Waals surface area contributed by atoms with Gasteiger partial charge in [-0.25, -0.2) is 4.68 Å². The Morgan fingerprint density at radius 3 is 2.63 bits per heavy atom. The van der Waals surface area contributed by atoms with E-state index in [0.29, 0.717) is 17.3 Å². The smallest absolute Gasteiger partial charge is 0.312 e. The molecule has 3 rings (SSSR count). The van der Waals surface area contributed by atoms with Gasteiger partial charge in [-0.1, -0.05) is 12.1 Å². The van der Waals surface area contributed by atoms with E-state index in [1.165, 1.54) is 18.9 Å². The topological polar surface area (TPSA) is 103 Å². The second-order valence-electron chi connectivity index (χ2n) is 7.40. The van der Waals surface area contributed by atoms with Gasteiger partial charge in [0.05, 0.1) is 24.9 Å². The number of benzene rings is 1. The number of nitrogens with zero attached hydrogens (tertiary/aromatic N) is 3. The van der Waals surface area contributed by atoms with Crippen molar-refractivity contribution in [3.8, 4) is 5.75 Å². The Labute approximate surface area is 174 Å². The fraction of sp³-hybridized carbons (Fsp3) is 0.429. The fourth-order valence-corrected chi connectivity index (χ4v) is 3.33. The predicted molar refractivity (Wildman–Crippen MR) is 110 cm³/mol. The zero-order chi connectivity index (χ0) is 21.8. The van der Waals surface area contributed by atoms with Gasteiger partial charge in [0.25, 0.3) is 5.91 Å². The van der Waals surface area contributed by atoms with E-state index < -0.39 is 23.9 Å². The quantitative estimate of drug-likeness (QED) is 0.698. The van der Waals surface area contributed by atoms with E-state index in [2.05, 4.69) is 10.4 Å². The third-order valence-corrected chi connectivity index (χ3v) is 4.91. The zero-order valence-corrected chi connectivity index (χ0v) is 17.5. The molecule has 0 aliphatic carbocycles.